The van der Waals surface area contributed by atoms with Crippen LogP contribution in [-0.2, 0) is 0 Å². The molecule has 0 aromatic heterocycles. The van der Waals surface area contributed by atoms with Gasteiger partial charge in [0.15, 0.2) is 5.84 Å². The molecule has 0 saturated carbocycles. The summed E-state index contributed by atoms with van der Waals surface area (Å²) in [5.41, 5.74) is 5.15. The Balaban J connectivity index is 2.41. The lowest BCUT2D eigenvalue weighted by molar-refractivity contribution is -0.385. The van der Waals surface area contributed by atoms with Crippen LogP contribution in [0.5, 0.6) is 11.5 Å². The average Bonchev–Trinajstić information content (AvgIpc) is 2.46. The number of halogens is 1. The first-order valence-electron chi connectivity index (χ1n) is 5.71. The number of nitrogens with zero attached hydrogens (tertiary/aromatic N) is 2. The lowest BCUT2D eigenvalue weighted by Gasteiger charge is -2.07. The number of benzene rings is 2. The average molecular weight is 291 g/mol. The number of nitro groups is 1. The van der Waals surface area contributed by atoms with E-state index in [1.165, 1.54) is 30.3 Å². The molecule has 8 heteroatoms. The van der Waals surface area contributed by atoms with Crippen molar-refractivity contribution < 1.29 is 19.3 Å². The molecule has 0 aliphatic rings. The zero-order valence-electron chi connectivity index (χ0n) is 10.6. The number of ether oxygens (including phenoxy) is 1. The fourth-order valence-corrected chi connectivity index (χ4v) is 1.62. The van der Waals surface area contributed by atoms with Crippen molar-refractivity contribution in [2.45, 2.75) is 0 Å². The van der Waals surface area contributed by atoms with Gasteiger partial charge in [0.25, 0.3) is 0 Å². The van der Waals surface area contributed by atoms with Crippen molar-refractivity contribution in [2.75, 3.05) is 0 Å². The van der Waals surface area contributed by atoms with E-state index >= 15 is 0 Å². The summed E-state index contributed by atoms with van der Waals surface area (Å²) in [4.78, 5) is 10.4. The fraction of sp³-hybridized carbons (Fsp3) is 0. The molecule has 0 bridgehead atoms. The van der Waals surface area contributed by atoms with E-state index in [0.29, 0.717) is 0 Å². The van der Waals surface area contributed by atoms with Gasteiger partial charge in [0.05, 0.1) is 4.92 Å². The second-order valence-corrected chi connectivity index (χ2v) is 3.98. The number of amidine groups is 1. The number of nitro benzene ring substituents is 1. The monoisotopic (exact) mass is 291 g/mol. The molecule has 7 nitrogen and oxygen atoms in total. The van der Waals surface area contributed by atoms with Gasteiger partial charge in [0.2, 0.25) is 5.75 Å². The Kier molecular flexibility index (Phi) is 3.98. The van der Waals surface area contributed by atoms with Crippen LogP contribution < -0.4 is 10.5 Å². The summed E-state index contributed by atoms with van der Waals surface area (Å²) >= 11 is 0. The highest BCUT2D eigenvalue weighted by atomic mass is 19.1. The maximum Gasteiger partial charge on any atom is 0.312 e. The van der Waals surface area contributed by atoms with Gasteiger partial charge in [-0.3, -0.25) is 10.1 Å². The number of hydrogen-bond acceptors (Lipinski definition) is 5. The van der Waals surface area contributed by atoms with E-state index in [4.69, 9.17) is 15.7 Å². The molecule has 21 heavy (non-hydrogen) atoms. The second kappa shape index (κ2) is 5.87. The Morgan fingerprint density at radius 2 is 2.10 bits per heavy atom. The van der Waals surface area contributed by atoms with Crippen LogP contribution in [0.3, 0.4) is 0 Å². The zero-order valence-corrected chi connectivity index (χ0v) is 10.6. The molecule has 108 valence electrons. The first-order valence-corrected chi connectivity index (χ1v) is 5.71. The van der Waals surface area contributed by atoms with E-state index in [1.807, 2.05) is 0 Å². The van der Waals surface area contributed by atoms with Crippen LogP contribution in [0.15, 0.2) is 47.6 Å². The van der Waals surface area contributed by atoms with E-state index < -0.39 is 10.7 Å². The number of nitrogens with two attached hydrogens (primary N) is 1. The Bertz CT molecular complexity index is 718. The van der Waals surface area contributed by atoms with E-state index in [2.05, 4.69) is 5.16 Å². The molecule has 0 unspecified atom stereocenters. The summed E-state index contributed by atoms with van der Waals surface area (Å²) in [7, 11) is 0. The summed E-state index contributed by atoms with van der Waals surface area (Å²) in [6, 6.07) is 8.98. The third-order valence-corrected chi connectivity index (χ3v) is 2.58. The largest absolute Gasteiger partial charge is 0.450 e. The first-order chi connectivity index (χ1) is 10.0. The Hall–Kier alpha value is -3.16. The maximum atomic E-state index is 13.1. The molecule has 0 aliphatic heterocycles. The van der Waals surface area contributed by atoms with Crippen molar-refractivity contribution in [3.05, 3.63) is 64.0 Å². The van der Waals surface area contributed by atoms with Gasteiger partial charge >= 0.3 is 5.69 Å². The van der Waals surface area contributed by atoms with Crippen LogP contribution in [0, 0.1) is 15.9 Å². The van der Waals surface area contributed by atoms with Gasteiger partial charge in [0.1, 0.15) is 11.6 Å². The smallest absolute Gasteiger partial charge is 0.312 e. The summed E-state index contributed by atoms with van der Waals surface area (Å²) in [6.07, 6.45) is 0. The van der Waals surface area contributed by atoms with Crippen molar-refractivity contribution in [3.63, 3.8) is 0 Å². The van der Waals surface area contributed by atoms with Gasteiger partial charge in [-0.25, -0.2) is 4.39 Å². The molecule has 3 N–H and O–H groups in total. The zero-order chi connectivity index (χ0) is 15.4. The molecule has 0 atom stereocenters. The highest BCUT2D eigenvalue weighted by Crippen LogP contribution is 2.32. The molecule has 0 fully saturated rings. The van der Waals surface area contributed by atoms with Crippen LogP contribution in [0.2, 0.25) is 0 Å². The normalized spacial score (nSPS) is 11.2. The quantitative estimate of drug-likeness (QED) is 0.296. The third-order valence-electron chi connectivity index (χ3n) is 2.58. The lowest BCUT2D eigenvalue weighted by atomic mass is 10.1. The summed E-state index contributed by atoms with van der Waals surface area (Å²) in [5, 5.41) is 22.4. The van der Waals surface area contributed by atoms with Crippen LogP contribution in [0.25, 0.3) is 0 Å². The molecular weight excluding hydrogens is 281 g/mol. The molecule has 0 saturated heterocycles. The minimum atomic E-state index is -0.678. The molecule has 0 amide bonds. The van der Waals surface area contributed by atoms with E-state index in [1.54, 1.807) is 0 Å². The van der Waals surface area contributed by atoms with Gasteiger partial charge < -0.3 is 15.7 Å². The molecule has 0 heterocycles. The predicted octanol–water partition coefficient (Wildman–Crippen LogP) is 2.62. The molecule has 0 spiro atoms. The standard InChI is InChI=1S/C13H10FN3O4/c14-9-2-1-3-10(7-9)21-12-5-4-8(13(15)16-18)6-11(12)17(19)20/h1-7,18H,(H2,15,16). The molecule has 0 radical (unpaired) electrons. The van der Waals surface area contributed by atoms with Crippen molar-refractivity contribution in [3.8, 4) is 11.5 Å². The lowest BCUT2D eigenvalue weighted by Crippen LogP contribution is -2.13. The van der Waals surface area contributed by atoms with Gasteiger partial charge in [-0.2, -0.15) is 0 Å². The predicted molar refractivity (Wildman–Crippen MR) is 72.1 cm³/mol. The van der Waals surface area contributed by atoms with E-state index in [9.17, 15) is 14.5 Å². The van der Waals surface area contributed by atoms with Crippen LogP contribution in [-0.4, -0.2) is 16.0 Å². The molecule has 0 aliphatic carbocycles. The van der Waals surface area contributed by atoms with Crippen molar-refractivity contribution in [1.82, 2.24) is 0 Å². The third kappa shape index (κ3) is 3.24. The van der Waals surface area contributed by atoms with Crippen molar-refractivity contribution >= 4 is 11.5 Å². The second-order valence-electron chi connectivity index (χ2n) is 3.98. The number of oxime groups is 1. The Labute approximate surface area is 118 Å². The fourth-order valence-electron chi connectivity index (χ4n) is 1.62. The van der Waals surface area contributed by atoms with E-state index in [-0.39, 0.29) is 28.6 Å². The maximum absolute atomic E-state index is 13.1. The highest BCUT2D eigenvalue weighted by molar-refractivity contribution is 5.97. The minimum absolute atomic E-state index is 0.0833. The van der Waals surface area contributed by atoms with Gasteiger partial charge in [-0.15, -0.1) is 0 Å². The molecule has 2 aromatic rings. The Morgan fingerprint density at radius 3 is 2.71 bits per heavy atom. The summed E-state index contributed by atoms with van der Waals surface area (Å²) in [5.74, 6) is -0.756. The highest BCUT2D eigenvalue weighted by Gasteiger charge is 2.18. The molecule has 2 rings (SSSR count). The van der Waals surface area contributed by atoms with Gasteiger partial charge in [-0.05, 0) is 24.3 Å². The van der Waals surface area contributed by atoms with Crippen LogP contribution >= 0.6 is 0 Å². The number of rotatable bonds is 4. The van der Waals surface area contributed by atoms with Crippen LogP contribution in [0.1, 0.15) is 5.56 Å². The SMILES string of the molecule is NC(=NO)c1ccc(Oc2cccc(F)c2)c([N+](=O)[O-])c1. The summed E-state index contributed by atoms with van der Waals surface area (Å²) in [6.45, 7) is 0. The Morgan fingerprint density at radius 1 is 1.33 bits per heavy atom. The van der Waals surface area contributed by atoms with Crippen molar-refractivity contribution in [2.24, 2.45) is 10.9 Å². The molecular formula is C13H10FN3O4. The minimum Gasteiger partial charge on any atom is -0.450 e. The molecule has 2 aromatic carbocycles. The van der Waals surface area contributed by atoms with E-state index in [0.717, 1.165) is 12.1 Å². The van der Waals surface area contributed by atoms with Crippen LogP contribution in [0.4, 0.5) is 10.1 Å². The topological polar surface area (TPSA) is 111 Å². The number of hydrogen-bond donors (Lipinski definition) is 2. The first kappa shape index (κ1) is 14.3. The van der Waals surface area contributed by atoms with Crippen molar-refractivity contribution in [1.29, 1.82) is 0 Å². The van der Waals surface area contributed by atoms with Gasteiger partial charge in [0, 0.05) is 17.7 Å². The summed E-state index contributed by atoms with van der Waals surface area (Å²) < 4.78 is 18.4. The van der Waals surface area contributed by atoms with Gasteiger partial charge in [-0.1, -0.05) is 11.2 Å².